The van der Waals surface area contributed by atoms with Gasteiger partial charge in [0.25, 0.3) is 0 Å². The van der Waals surface area contributed by atoms with E-state index in [4.69, 9.17) is 0 Å². The van der Waals surface area contributed by atoms with Crippen LogP contribution in [0.5, 0.6) is 0 Å². The molecular formula is C13H20N2O. The third-order valence-corrected chi connectivity index (χ3v) is 3.41. The van der Waals surface area contributed by atoms with Crippen molar-refractivity contribution in [3.63, 3.8) is 0 Å². The molecule has 1 fully saturated rings. The van der Waals surface area contributed by atoms with Gasteiger partial charge in [-0.15, -0.1) is 0 Å². The van der Waals surface area contributed by atoms with Crippen molar-refractivity contribution in [3.05, 3.63) is 29.6 Å². The Balaban J connectivity index is 1.90. The first-order valence-corrected chi connectivity index (χ1v) is 5.85. The molecule has 1 N–H and O–H groups in total. The molecule has 0 aliphatic carbocycles. The Morgan fingerprint density at radius 3 is 2.69 bits per heavy atom. The molecule has 0 spiro atoms. The predicted octanol–water partition coefficient (Wildman–Crippen LogP) is 1.59. The van der Waals surface area contributed by atoms with E-state index in [-0.39, 0.29) is 0 Å². The van der Waals surface area contributed by atoms with Crippen LogP contribution in [0.15, 0.2) is 18.5 Å². The molecular weight excluding hydrogens is 200 g/mol. The lowest BCUT2D eigenvalue weighted by molar-refractivity contribution is -0.130. The van der Waals surface area contributed by atoms with E-state index in [0.717, 1.165) is 19.6 Å². The normalized spacial score (nSPS) is 19.8. The first kappa shape index (κ1) is 11.6. The van der Waals surface area contributed by atoms with Gasteiger partial charge in [-0.25, -0.2) is 0 Å². The molecule has 0 aromatic carbocycles. The Morgan fingerprint density at radius 2 is 2.12 bits per heavy atom. The van der Waals surface area contributed by atoms with Crippen LogP contribution in [0.3, 0.4) is 0 Å². The van der Waals surface area contributed by atoms with Crippen LogP contribution in [0, 0.1) is 12.8 Å². The fourth-order valence-electron chi connectivity index (χ4n) is 2.17. The van der Waals surface area contributed by atoms with E-state index in [0.29, 0.717) is 5.92 Å². The maximum Gasteiger partial charge on any atom is 0.0923 e. The molecule has 0 amide bonds. The van der Waals surface area contributed by atoms with E-state index in [1.165, 1.54) is 11.1 Å². The number of aryl methyl sites for hydroxylation is 1. The third kappa shape index (κ3) is 2.25. The van der Waals surface area contributed by atoms with Crippen molar-refractivity contribution in [1.29, 1.82) is 0 Å². The van der Waals surface area contributed by atoms with Gasteiger partial charge in [0.15, 0.2) is 0 Å². The summed E-state index contributed by atoms with van der Waals surface area (Å²) in [7, 11) is 0. The first-order valence-electron chi connectivity index (χ1n) is 5.85. The molecule has 3 nitrogen and oxygen atoms in total. The molecule has 2 heterocycles. The summed E-state index contributed by atoms with van der Waals surface area (Å²) in [5.74, 6) is 0.333. The molecule has 0 atom stereocenters. The second kappa shape index (κ2) is 4.15. The van der Waals surface area contributed by atoms with Gasteiger partial charge < -0.3 is 5.11 Å². The zero-order chi connectivity index (χ0) is 11.8. The number of aromatic nitrogens is 1. The molecule has 0 saturated carbocycles. The lowest BCUT2D eigenvalue weighted by atomic mass is 9.83. The van der Waals surface area contributed by atoms with Gasteiger partial charge in [0.1, 0.15) is 0 Å². The Bertz CT molecular complexity index is 370. The van der Waals surface area contributed by atoms with E-state index in [1.807, 2.05) is 12.4 Å². The molecule has 1 aliphatic rings. The smallest absolute Gasteiger partial charge is 0.0923 e. The Kier molecular flexibility index (Phi) is 3.00. The molecule has 1 aliphatic heterocycles. The number of aliphatic hydroxyl groups is 1. The standard InChI is InChI=1S/C13H20N2O/c1-10(2)13(16)8-15(9-13)7-12-4-11(3)5-14-6-12/h4-6,10,16H,7-9H2,1-3H3. The van der Waals surface area contributed by atoms with Gasteiger partial charge >= 0.3 is 0 Å². The highest BCUT2D eigenvalue weighted by atomic mass is 16.3. The van der Waals surface area contributed by atoms with Crippen LogP contribution in [0.1, 0.15) is 25.0 Å². The molecule has 1 aromatic heterocycles. The molecule has 1 aromatic rings. The third-order valence-electron chi connectivity index (χ3n) is 3.41. The fourth-order valence-corrected chi connectivity index (χ4v) is 2.17. The summed E-state index contributed by atoms with van der Waals surface area (Å²) in [6.45, 7) is 8.65. The van der Waals surface area contributed by atoms with E-state index in [2.05, 4.69) is 36.7 Å². The van der Waals surface area contributed by atoms with Crippen molar-refractivity contribution < 1.29 is 5.11 Å². The molecule has 2 rings (SSSR count). The number of likely N-dealkylation sites (tertiary alicyclic amines) is 1. The number of hydrogen-bond acceptors (Lipinski definition) is 3. The zero-order valence-electron chi connectivity index (χ0n) is 10.3. The van der Waals surface area contributed by atoms with Gasteiger partial charge in [0.05, 0.1) is 5.60 Å². The Morgan fingerprint density at radius 1 is 1.44 bits per heavy atom. The van der Waals surface area contributed by atoms with Crippen LogP contribution < -0.4 is 0 Å². The zero-order valence-corrected chi connectivity index (χ0v) is 10.3. The monoisotopic (exact) mass is 220 g/mol. The average molecular weight is 220 g/mol. The van der Waals surface area contributed by atoms with E-state index in [1.54, 1.807) is 0 Å². The summed E-state index contributed by atoms with van der Waals surface area (Å²) >= 11 is 0. The Hall–Kier alpha value is -0.930. The number of hydrogen-bond donors (Lipinski definition) is 1. The first-order chi connectivity index (χ1) is 7.49. The van der Waals surface area contributed by atoms with Gasteiger partial charge in [-0.3, -0.25) is 9.88 Å². The molecule has 1 saturated heterocycles. The van der Waals surface area contributed by atoms with Crippen molar-refractivity contribution in [2.45, 2.75) is 32.9 Å². The average Bonchev–Trinajstić information content (AvgIpc) is 2.14. The van der Waals surface area contributed by atoms with Gasteiger partial charge in [-0.05, 0) is 24.0 Å². The maximum atomic E-state index is 10.1. The molecule has 3 heteroatoms. The van der Waals surface area contributed by atoms with E-state index < -0.39 is 5.60 Å². The second-order valence-corrected chi connectivity index (χ2v) is 5.27. The predicted molar refractivity (Wildman–Crippen MR) is 64.0 cm³/mol. The topological polar surface area (TPSA) is 36.4 Å². The lowest BCUT2D eigenvalue weighted by Gasteiger charge is -2.49. The summed E-state index contributed by atoms with van der Waals surface area (Å²) in [6.07, 6.45) is 3.77. The SMILES string of the molecule is Cc1cncc(CN2CC(O)(C(C)C)C2)c1. The number of β-amino-alcohol motifs (C(OH)–C–C–N with tert-alkyl or cyclic N) is 1. The molecule has 88 valence electrons. The van der Waals surface area contributed by atoms with Crippen molar-refractivity contribution >= 4 is 0 Å². The van der Waals surface area contributed by atoms with Crippen LogP contribution in [0.25, 0.3) is 0 Å². The number of nitrogens with zero attached hydrogens (tertiary/aromatic N) is 2. The van der Waals surface area contributed by atoms with Crippen molar-refractivity contribution in [1.82, 2.24) is 9.88 Å². The van der Waals surface area contributed by atoms with Crippen molar-refractivity contribution in [3.8, 4) is 0 Å². The highest BCUT2D eigenvalue weighted by Crippen LogP contribution is 2.29. The van der Waals surface area contributed by atoms with Crippen LogP contribution in [-0.2, 0) is 6.54 Å². The fraction of sp³-hybridized carbons (Fsp3) is 0.615. The molecule has 0 bridgehead atoms. The van der Waals surface area contributed by atoms with Crippen LogP contribution in [-0.4, -0.2) is 33.7 Å². The summed E-state index contributed by atoms with van der Waals surface area (Å²) in [6, 6.07) is 2.15. The van der Waals surface area contributed by atoms with Gasteiger partial charge in [-0.2, -0.15) is 0 Å². The summed E-state index contributed by atoms with van der Waals surface area (Å²) in [5, 5.41) is 10.1. The molecule has 0 radical (unpaired) electrons. The quantitative estimate of drug-likeness (QED) is 0.840. The van der Waals surface area contributed by atoms with E-state index >= 15 is 0 Å². The van der Waals surface area contributed by atoms with Gasteiger partial charge in [-0.1, -0.05) is 19.9 Å². The van der Waals surface area contributed by atoms with Crippen LogP contribution in [0.4, 0.5) is 0 Å². The summed E-state index contributed by atoms with van der Waals surface area (Å²) in [5.41, 5.74) is 1.94. The van der Waals surface area contributed by atoms with Gasteiger partial charge in [0.2, 0.25) is 0 Å². The lowest BCUT2D eigenvalue weighted by Crippen LogP contribution is -2.63. The second-order valence-electron chi connectivity index (χ2n) is 5.27. The summed E-state index contributed by atoms with van der Waals surface area (Å²) < 4.78 is 0. The largest absolute Gasteiger partial charge is 0.387 e. The van der Waals surface area contributed by atoms with E-state index in [9.17, 15) is 5.11 Å². The number of pyridine rings is 1. The van der Waals surface area contributed by atoms with Gasteiger partial charge in [0, 0.05) is 32.0 Å². The number of rotatable bonds is 3. The minimum atomic E-state index is -0.475. The maximum absolute atomic E-state index is 10.1. The molecule has 0 unspecified atom stereocenters. The minimum Gasteiger partial charge on any atom is -0.387 e. The van der Waals surface area contributed by atoms with Crippen LogP contribution in [0.2, 0.25) is 0 Å². The Labute approximate surface area is 97.1 Å². The van der Waals surface area contributed by atoms with Crippen molar-refractivity contribution in [2.75, 3.05) is 13.1 Å². The van der Waals surface area contributed by atoms with Crippen molar-refractivity contribution in [2.24, 2.45) is 5.92 Å². The highest BCUT2D eigenvalue weighted by Gasteiger charge is 2.43. The minimum absolute atomic E-state index is 0.333. The summed E-state index contributed by atoms with van der Waals surface area (Å²) in [4.78, 5) is 6.44. The van der Waals surface area contributed by atoms with Crippen LogP contribution >= 0.6 is 0 Å². The molecule has 16 heavy (non-hydrogen) atoms. The highest BCUT2D eigenvalue weighted by molar-refractivity contribution is 5.17.